The predicted molar refractivity (Wildman–Crippen MR) is 149 cm³/mol. The number of rotatable bonds is 6. The van der Waals surface area contributed by atoms with Gasteiger partial charge in [-0.05, 0) is 37.7 Å². The van der Waals surface area contributed by atoms with Crippen molar-refractivity contribution in [1.82, 2.24) is 24.5 Å². The summed E-state index contributed by atoms with van der Waals surface area (Å²) in [6.45, 7) is 6.31. The number of halogens is 1. The quantitative estimate of drug-likeness (QED) is 0.203. The molecule has 0 radical (unpaired) electrons. The molecule has 4 heterocycles. The first kappa shape index (κ1) is 26.6. The van der Waals surface area contributed by atoms with Gasteiger partial charge in [-0.1, -0.05) is 17.7 Å². The van der Waals surface area contributed by atoms with Gasteiger partial charge in [-0.3, -0.25) is 4.98 Å². The number of hydrogen-bond donors (Lipinski definition) is 2. The number of nitrogens with zero attached hydrogens (tertiary/aromatic N) is 7. The van der Waals surface area contributed by atoms with Crippen LogP contribution in [0.5, 0.6) is 0 Å². The van der Waals surface area contributed by atoms with Gasteiger partial charge >= 0.3 is 6.09 Å². The Morgan fingerprint density at radius 3 is 2.79 bits per heavy atom. The number of amides is 1. The van der Waals surface area contributed by atoms with Gasteiger partial charge in [0.1, 0.15) is 11.2 Å². The Balaban J connectivity index is 1.73. The monoisotopic (exact) mass is 548 g/mol. The van der Waals surface area contributed by atoms with E-state index in [9.17, 15) is 4.79 Å². The van der Waals surface area contributed by atoms with Gasteiger partial charge in [0.25, 0.3) is 0 Å². The third-order valence-electron chi connectivity index (χ3n) is 7.22. The van der Waals surface area contributed by atoms with Crippen LogP contribution in [0.2, 0.25) is 5.02 Å². The summed E-state index contributed by atoms with van der Waals surface area (Å²) < 4.78 is 7.84. The molecule has 5 rings (SSSR count). The second-order valence-corrected chi connectivity index (χ2v) is 10.2. The Morgan fingerprint density at radius 2 is 2.10 bits per heavy atom. The number of aliphatic imine (C=N–C) groups is 1. The summed E-state index contributed by atoms with van der Waals surface area (Å²) in [5, 5.41) is 9.59. The van der Waals surface area contributed by atoms with E-state index in [1.54, 1.807) is 12.3 Å². The molecule has 1 amide bonds. The van der Waals surface area contributed by atoms with E-state index in [1.807, 2.05) is 6.08 Å². The molecule has 2 aliphatic rings. The van der Waals surface area contributed by atoms with Crippen LogP contribution in [0.25, 0.3) is 22.4 Å². The van der Waals surface area contributed by atoms with E-state index < -0.39 is 6.09 Å². The first-order chi connectivity index (χ1) is 18.9. The van der Waals surface area contributed by atoms with Crippen molar-refractivity contribution >= 4 is 40.6 Å². The molecule has 11 nitrogen and oxygen atoms in total. The maximum absolute atomic E-state index is 11.2. The molecule has 3 aromatic heterocycles. The zero-order valence-electron chi connectivity index (χ0n) is 21.3. The second-order valence-electron chi connectivity index (χ2n) is 9.72. The molecular weight excluding hydrogens is 520 g/mol. The lowest BCUT2D eigenvalue weighted by molar-refractivity contribution is 0.105. The van der Waals surface area contributed by atoms with Gasteiger partial charge in [0.2, 0.25) is 5.95 Å². The van der Waals surface area contributed by atoms with E-state index in [4.69, 9.17) is 38.6 Å². The van der Waals surface area contributed by atoms with Crippen molar-refractivity contribution in [1.29, 1.82) is 0 Å². The van der Waals surface area contributed by atoms with Crippen LogP contribution < -0.4 is 10.6 Å². The highest BCUT2D eigenvalue weighted by molar-refractivity contribution is 6.30. The molecule has 0 bridgehead atoms. The molecule has 1 unspecified atom stereocenters. The van der Waals surface area contributed by atoms with Gasteiger partial charge in [0.05, 0.1) is 24.3 Å². The molecule has 39 heavy (non-hydrogen) atoms. The summed E-state index contributed by atoms with van der Waals surface area (Å²) in [6.07, 6.45) is 13.2. The minimum Gasteiger partial charge on any atom is -0.463 e. The highest BCUT2D eigenvalue weighted by Gasteiger charge is 2.30. The molecular formula is C27H29ClN8O3. The van der Waals surface area contributed by atoms with Gasteiger partial charge < -0.3 is 25.0 Å². The molecule has 1 saturated heterocycles. The summed E-state index contributed by atoms with van der Waals surface area (Å²) in [6, 6.07) is 1.65. The average molecular weight is 549 g/mol. The Kier molecular flexibility index (Phi) is 7.77. The fraction of sp³-hybridized carbons (Fsp3) is 0.407. The van der Waals surface area contributed by atoms with E-state index in [0.29, 0.717) is 71.5 Å². The van der Waals surface area contributed by atoms with Crippen molar-refractivity contribution in [3.63, 3.8) is 0 Å². The first-order valence-corrected chi connectivity index (χ1v) is 13.2. The van der Waals surface area contributed by atoms with Gasteiger partial charge in [-0.2, -0.15) is 9.98 Å². The molecule has 3 N–H and O–H groups in total. The van der Waals surface area contributed by atoms with Crippen LogP contribution in [-0.4, -0.2) is 67.3 Å². The van der Waals surface area contributed by atoms with Crippen LogP contribution in [0.15, 0.2) is 36.1 Å². The van der Waals surface area contributed by atoms with E-state index in [-0.39, 0.29) is 17.7 Å². The van der Waals surface area contributed by atoms with Gasteiger partial charge in [0, 0.05) is 37.0 Å². The first-order valence-electron chi connectivity index (χ1n) is 12.8. The molecule has 1 atom stereocenters. The lowest BCUT2D eigenvalue weighted by Crippen LogP contribution is -2.45. The van der Waals surface area contributed by atoms with Crippen LogP contribution in [0.4, 0.5) is 10.7 Å². The third kappa shape index (κ3) is 5.57. The number of nitrogens with two attached hydrogens (primary N) is 1. The number of ether oxygens (including phenoxy) is 1. The second kappa shape index (κ2) is 11.4. The Hall–Kier alpha value is -4.01. The van der Waals surface area contributed by atoms with E-state index >= 15 is 0 Å². The summed E-state index contributed by atoms with van der Waals surface area (Å²) in [7, 11) is 0. The zero-order valence-corrected chi connectivity index (χ0v) is 22.1. The molecule has 0 aromatic carbocycles. The van der Waals surface area contributed by atoms with Gasteiger partial charge in [-0.15, -0.1) is 18.9 Å². The third-order valence-corrected chi connectivity index (χ3v) is 7.43. The lowest BCUT2D eigenvalue weighted by Gasteiger charge is -2.35. The smallest absolute Gasteiger partial charge is 0.433 e. The van der Waals surface area contributed by atoms with Gasteiger partial charge in [0.15, 0.2) is 17.3 Å². The van der Waals surface area contributed by atoms with E-state index in [0.717, 1.165) is 25.7 Å². The number of amidine groups is 1. The van der Waals surface area contributed by atoms with Crippen molar-refractivity contribution < 1.29 is 14.6 Å². The Bertz CT molecular complexity index is 1470. The normalized spacial score (nSPS) is 22.0. The van der Waals surface area contributed by atoms with E-state index in [2.05, 4.69) is 41.9 Å². The maximum Gasteiger partial charge on any atom is 0.433 e. The summed E-state index contributed by atoms with van der Waals surface area (Å²) in [4.78, 5) is 35.2. The summed E-state index contributed by atoms with van der Waals surface area (Å²) in [5.74, 6) is 3.90. The molecule has 3 aromatic rings. The molecule has 12 heteroatoms. The molecule has 0 spiro atoms. The number of pyridine rings is 1. The summed E-state index contributed by atoms with van der Waals surface area (Å²) >= 11 is 6.30. The van der Waals surface area contributed by atoms with Crippen molar-refractivity contribution in [2.24, 2.45) is 22.6 Å². The van der Waals surface area contributed by atoms with Crippen LogP contribution >= 0.6 is 11.6 Å². The highest BCUT2D eigenvalue weighted by atomic mass is 35.5. The molecule has 2 fully saturated rings. The number of imidazole rings is 1. The Labute approximate surface area is 230 Å². The maximum atomic E-state index is 11.2. The lowest BCUT2D eigenvalue weighted by atomic mass is 9.82. The van der Waals surface area contributed by atoms with Gasteiger partial charge in [-0.25, -0.2) is 14.8 Å². The van der Waals surface area contributed by atoms with Crippen molar-refractivity contribution in [2.75, 3.05) is 24.7 Å². The van der Waals surface area contributed by atoms with E-state index in [1.165, 1.54) is 6.20 Å². The standard InChI is InChI=1S/C27H29ClN8O3/c1-3-16-5-7-17(8-6-16)14-36-22-21(18-11-19(28)13-30-12-18)31-25(23(29)32-27(37)38)33-24(22)34-26(36)35-9-10-39-15-20(35)4-2/h1,4,11-13,16-17,20H,2,5-10,14-15H2,(H2,29,32)(H,37,38). The number of terminal acetylenes is 1. The van der Waals surface area contributed by atoms with Crippen LogP contribution in [0.1, 0.15) is 31.5 Å². The molecule has 202 valence electrons. The van der Waals surface area contributed by atoms with Crippen molar-refractivity contribution in [3.05, 3.63) is 42.0 Å². The topological polar surface area (TPSA) is 145 Å². The SMILES string of the molecule is C#CC1CCC(Cn2c(N3CCOCC3C=C)nc3nc(C(N)=NC(=O)O)nc(-c4cncc(Cl)c4)c32)CC1. The van der Waals surface area contributed by atoms with Crippen molar-refractivity contribution in [3.8, 4) is 23.6 Å². The van der Waals surface area contributed by atoms with Crippen molar-refractivity contribution in [2.45, 2.75) is 38.3 Å². The fourth-order valence-electron chi connectivity index (χ4n) is 5.26. The largest absolute Gasteiger partial charge is 0.463 e. The number of fused-ring (bicyclic) bond motifs is 1. The summed E-state index contributed by atoms with van der Waals surface area (Å²) in [5.41, 5.74) is 8.11. The number of anilines is 1. The Morgan fingerprint density at radius 1 is 1.31 bits per heavy atom. The minimum atomic E-state index is -1.45. The molecule has 1 aliphatic heterocycles. The highest BCUT2D eigenvalue weighted by Crippen LogP contribution is 2.36. The zero-order chi connectivity index (χ0) is 27.5. The number of carbonyl (C=O) groups is 1. The number of carboxylic acid groups (broad SMARTS) is 1. The average Bonchev–Trinajstić information content (AvgIpc) is 3.30. The molecule has 1 saturated carbocycles. The molecule has 1 aliphatic carbocycles. The number of aromatic nitrogens is 5. The number of hydrogen-bond acceptors (Lipinski definition) is 7. The van der Waals surface area contributed by atoms with Crippen LogP contribution in [0, 0.1) is 24.2 Å². The van der Waals surface area contributed by atoms with Crippen LogP contribution in [-0.2, 0) is 11.3 Å². The predicted octanol–water partition coefficient (Wildman–Crippen LogP) is 3.76. The number of morpholine rings is 1. The minimum absolute atomic E-state index is 0.0483. The fourth-order valence-corrected chi connectivity index (χ4v) is 5.44. The van der Waals surface area contributed by atoms with Crippen LogP contribution in [0.3, 0.4) is 0 Å².